The Bertz CT molecular complexity index is 312. The summed E-state index contributed by atoms with van der Waals surface area (Å²) < 4.78 is 1.24. The second-order valence-electron chi connectivity index (χ2n) is 4.08. The number of hydrogen-bond donors (Lipinski definition) is 1. The molecule has 1 aliphatic rings. The van der Waals surface area contributed by atoms with E-state index in [1.807, 2.05) is 0 Å². The predicted octanol–water partition coefficient (Wildman–Crippen LogP) is 3.13. The number of hydrogen-bond acceptors (Lipinski definition) is 1. The Labute approximate surface area is 94.0 Å². The average molecular weight is 254 g/mol. The van der Waals surface area contributed by atoms with E-state index in [1.165, 1.54) is 29.4 Å². The van der Waals surface area contributed by atoms with Gasteiger partial charge in [0.2, 0.25) is 0 Å². The van der Waals surface area contributed by atoms with Crippen molar-refractivity contribution < 1.29 is 0 Å². The maximum atomic E-state index is 3.60. The van der Waals surface area contributed by atoms with Crippen LogP contribution in [0.4, 0.5) is 0 Å². The first kappa shape index (κ1) is 10.2. The molecule has 0 spiro atoms. The molecular formula is C12H16BrN. The molecule has 1 aromatic rings. The standard InChI is InChI=1S/C12H16BrN/c1-2-12(7-8-14-12)9-10-5-3-4-6-11(10)13/h3-6,14H,2,7-9H2,1H3. The monoisotopic (exact) mass is 253 g/mol. The second kappa shape index (κ2) is 4.03. The minimum atomic E-state index is 0.379. The zero-order valence-corrected chi connectivity index (χ0v) is 10.1. The average Bonchev–Trinajstić information content (AvgIpc) is 2.14. The van der Waals surface area contributed by atoms with Crippen molar-refractivity contribution >= 4 is 15.9 Å². The van der Waals surface area contributed by atoms with E-state index < -0.39 is 0 Å². The largest absolute Gasteiger partial charge is 0.311 e. The van der Waals surface area contributed by atoms with Gasteiger partial charge in [0.25, 0.3) is 0 Å². The number of nitrogens with one attached hydrogen (secondary N) is 1. The lowest BCUT2D eigenvalue weighted by atomic mass is 9.80. The highest BCUT2D eigenvalue weighted by molar-refractivity contribution is 9.10. The summed E-state index contributed by atoms with van der Waals surface area (Å²) in [6.07, 6.45) is 3.67. The van der Waals surface area contributed by atoms with E-state index in [9.17, 15) is 0 Å². The molecule has 1 saturated heterocycles. The van der Waals surface area contributed by atoms with Crippen molar-refractivity contribution in [1.82, 2.24) is 5.32 Å². The smallest absolute Gasteiger partial charge is 0.0231 e. The van der Waals surface area contributed by atoms with Gasteiger partial charge in [-0.25, -0.2) is 0 Å². The fourth-order valence-corrected chi connectivity index (χ4v) is 2.49. The van der Waals surface area contributed by atoms with E-state index in [4.69, 9.17) is 0 Å². The Kier molecular flexibility index (Phi) is 2.93. The molecule has 1 atom stereocenters. The van der Waals surface area contributed by atoms with Crippen LogP contribution in [0.25, 0.3) is 0 Å². The highest BCUT2D eigenvalue weighted by Crippen LogP contribution is 2.30. The zero-order chi connectivity index (χ0) is 10.0. The molecule has 1 heterocycles. The van der Waals surface area contributed by atoms with Crippen molar-refractivity contribution in [2.24, 2.45) is 0 Å². The van der Waals surface area contributed by atoms with Crippen molar-refractivity contribution in [3.8, 4) is 0 Å². The van der Waals surface area contributed by atoms with Crippen LogP contribution in [0.1, 0.15) is 25.3 Å². The molecule has 0 radical (unpaired) electrons. The van der Waals surface area contributed by atoms with Gasteiger partial charge in [0, 0.05) is 10.0 Å². The maximum Gasteiger partial charge on any atom is 0.0231 e. The van der Waals surface area contributed by atoms with Gasteiger partial charge in [-0.15, -0.1) is 0 Å². The van der Waals surface area contributed by atoms with Crippen LogP contribution in [0, 0.1) is 0 Å². The first-order chi connectivity index (χ1) is 6.76. The summed E-state index contributed by atoms with van der Waals surface area (Å²) in [5, 5.41) is 3.56. The number of benzene rings is 1. The summed E-state index contributed by atoms with van der Waals surface area (Å²) in [6.45, 7) is 3.45. The predicted molar refractivity (Wildman–Crippen MR) is 63.5 cm³/mol. The van der Waals surface area contributed by atoms with Gasteiger partial charge in [-0.2, -0.15) is 0 Å². The molecule has 0 aliphatic carbocycles. The molecule has 1 N–H and O–H groups in total. The molecule has 14 heavy (non-hydrogen) atoms. The van der Waals surface area contributed by atoms with Crippen molar-refractivity contribution in [3.63, 3.8) is 0 Å². The summed E-state index contributed by atoms with van der Waals surface area (Å²) in [7, 11) is 0. The van der Waals surface area contributed by atoms with E-state index in [0.717, 1.165) is 6.42 Å². The minimum Gasteiger partial charge on any atom is -0.311 e. The van der Waals surface area contributed by atoms with Crippen LogP contribution in [0.3, 0.4) is 0 Å². The van der Waals surface area contributed by atoms with Gasteiger partial charge in [-0.05, 0) is 37.4 Å². The Morgan fingerprint density at radius 1 is 1.43 bits per heavy atom. The molecule has 0 bridgehead atoms. The third-order valence-electron chi connectivity index (χ3n) is 3.27. The lowest BCUT2D eigenvalue weighted by molar-refractivity contribution is 0.198. The van der Waals surface area contributed by atoms with E-state index in [-0.39, 0.29) is 0 Å². The van der Waals surface area contributed by atoms with Crippen molar-refractivity contribution in [2.45, 2.75) is 31.7 Å². The van der Waals surface area contributed by atoms with Crippen LogP contribution in [0.2, 0.25) is 0 Å². The fourth-order valence-electron chi connectivity index (χ4n) is 2.06. The van der Waals surface area contributed by atoms with Crippen LogP contribution in [0.15, 0.2) is 28.7 Å². The van der Waals surface area contributed by atoms with Crippen LogP contribution < -0.4 is 5.32 Å². The molecule has 1 aliphatic heterocycles. The quantitative estimate of drug-likeness (QED) is 0.873. The molecule has 1 unspecified atom stereocenters. The van der Waals surface area contributed by atoms with Crippen LogP contribution in [0.5, 0.6) is 0 Å². The summed E-state index contributed by atoms with van der Waals surface area (Å²) in [4.78, 5) is 0. The fraction of sp³-hybridized carbons (Fsp3) is 0.500. The lowest BCUT2D eigenvalue weighted by Gasteiger charge is -2.43. The van der Waals surface area contributed by atoms with E-state index in [0.29, 0.717) is 5.54 Å². The van der Waals surface area contributed by atoms with Crippen LogP contribution in [-0.4, -0.2) is 12.1 Å². The third kappa shape index (κ3) is 1.86. The lowest BCUT2D eigenvalue weighted by Crippen LogP contribution is -2.57. The molecule has 1 aromatic carbocycles. The normalized spacial score (nSPS) is 25.9. The van der Waals surface area contributed by atoms with Crippen molar-refractivity contribution in [1.29, 1.82) is 0 Å². The number of halogens is 1. The molecule has 1 nitrogen and oxygen atoms in total. The van der Waals surface area contributed by atoms with E-state index >= 15 is 0 Å². The van der Waals surface area contributed by atoms with Crippen LogP contribution in [-0.2, 0) is 6.42 Å². The molecule has 2 heteroatoms. The molecule has 76 valence electrons. The Hall–Kier alpha value is -0.340. The second-order valence-corrected chi connectivity index (χ2v) is 4.93. The SMILES string of the molecule is CCC1(Cc2ccccc2Br)CCN1. The highest BCUT2D eigenvalue weighted by atomic mass is 79.9. The van der Waals surface area contributed by atoms with Gasteiger partial charge >= 0.3 is 0 Å². The molecule has 0 saturated carbocycles. The molecule has 2 rings (SSSR count). The topological polar surface area (TPSA) is 12.0 Å². The van der Waals surface area contributed by atoms with Gasteiger partial charge in [-0.1, -0.05) is 41.1 Å². The third-order valence-corrected chi connectivity index (χ3v) is 4.04. The van der Waals surface area contributed by atoms with Gasteiger partial charge in [0.05, 0.1) is 0 Å². The Balaban J connectivity index is 2.13. The Morgan fingerprint density at radius 2 is 2.14 bits per heavy atom. The van der Waals surface area contributed by atoms with E-state index in [1.54, 1.807) is 0 Å². The zero-order valence-electron chi connectivity index (χ0n) is 8.52. The molecule has 0 amide bonds. The summed E-state index contributed by atoms with van der Waals surface area (Å²) in [5.74, 6) is 0. The first-order valence-electron chi connectivity index (χ1n) is 5.24. The number of rotatable bonds is 3. The van der Waals surface area contributed by atoms with E-state index in [2.05, 4.69) is 52.4 Å². The molecule has 0 aromatic heterocycles. The van der Waals surface area contributed by atoms with Gasteiger partial charge < -0.3 is 5.32 Å². The molecule has 1 fully saturated rings. The van der Waals surface area contributed by atoms with Crippen molar-refractivity contribution in [2.75, 3.05) is 6.54 Å². The minimum absolute atomic E-state index is 0.379. The summed E-state index contributed by atoms with van der Waals surface area (Å²) >= 11 is 3.60. The van der Waals surface area contributed by atoms with Gasteiger partial charge in [-0.3, -0.25) is 0 Å². The summed E-state index contributed by atoms with van der Waals surface area (Å²) in [6, 6.07) is 8.52. The van der Waals surface area contributed by atoms with Gasteiger partial charge in [0.1, 0.15) is 0 Å². The van der Waals surface area contributed by atoms with Gasteiger partial charge in [0.15, 0.2) is 0 Å². The molecular weight excluding hydrogens is 238 g/mol. The van der Waals surface area contributed by atoms with Crippen LogP contribution >= 0.6 is 15.9 Å². The first-order valence-corrected chi connectivity index (χ1v) is 6.03. The van der Waals surface area contributed by atoms with Crippen molar-refractivity contribution in [3.05, 3.63) is 34.3 Å². The highest BCUT2D eigenvalue weighted by Gasteiger charge is 2.34. The summed E-state index contributed by atoms with van der Waals surface area (Å²) in [5.41, 5.74) is 1.80. The Morgan fingerprint density at radius 3 is 2.64 bits per heavy atom. The maximum absolute atomic E-state index is 3.60.